The lowest BCUT2D eigenvalue weighted by molar-refractivity contribution is -0.131. The Labute approximate surface area is 228 Å². The highest BCUT2D eigenvalue weighted by Gasteiger charge is 2.27. The van der Waals surface area contributed by atoms with Crippen molar-refractivity contribution in [3.63, 3.8) is 0 Å². The minimum absolute atomic E-state index is 0.0872. The summed E-state index contributed by atoms with van der Waals surface area (Å²) in [6.07, 6.45) is -1.79. The Morgan fingerprint density at radius 2 is 1.90 bits per heavy atom. The third-order valence-electron chi connectivity index (χ3n) is 6.87. The van der Waals surface area contributed by atoms with Gasteiger partial charge in [-0.1, -0.05) is 12.6 Å². The molecule has 1 aromatic heterocycles. The number of ether oxygens (including phenoxy) is 1. The van der Waals surface area contributed by atoms with Crippen LogP contribution in [0.1, 0.15) is 46.3 Å². The van der Waals surface area contributed by atoms with Crippen LogP contribution >= 0.6 is 0 Å². The van der Waals surface area contributed by atoms with Crippen LogP contribution in [0, 0.1) is 12.7 Å². The van der Waals surface area contributed by atoms with Crippen molar-refractivity contribution in [1.82, 2.24) is 14.9 Å². The second kappa shape index (κ2) is 10.7. The minimum atomic E-state index is -4.32. The summed E-state index contributed by atoms with van der Waals surface area (Å²) in [5, 5.41) is 5.85. The number of hydrogen-bond donors (Lipinski definition) is 2. The summed E-state index contributed by atoms with van der Waals surface area (Å²) in [7, 11) is 1.37. The lowest BCUT2D eigenvalue weighted by Gasteiger charge is -2.15. The molecule has 0 unspecified atom stereocenters. The number of aromatic nitrogens is 2. The zero-order valence-electron chi connectivity index (χ0n) is 22.0. The summed E-state index contributed by atoms with van der Waals surface area (Å²) in [5.41, 5.74) is 5.07. The van der Waals surface area contributed by atoms with E-state index in [-0.39, 0.29) is 24.2 Å². The number of aryl methyl sites for hydroxylation is 1. The fourth-order valence-electron chi connectivity index (χ4n) is 4.53. The number of methoxy groups -OCH3 is 1. The predicted molar refractivity (Wildman–Crippen MR) is 147 cm³/mol. The Kier molecular flexibility index (Phi) is 7.27. The molecular formula is C30H28F4N4O2. The largest absolute Gasteiger partial charge is 0.494 e. The SMILES string of the molecule is C=C(c1ccc(OC)c(F)c1)c1cc(NCCC(F)(F)F)c2ncn(-c3ccc(C(=O)NC4CC4)c(C)c3)c2c1. The highest BCUT2D eigenvalue weighted by molar-refractivity contribution is 5.97. The van der Waals surface area contributed by atoms with Gasteiger partial charge < -0.3 is 15.4 Å². The Balaban J connectivity index is 1.55. The van der Waals surface area contributed by atoms with Crippen LogP contribution in [-0.2, 0) is 0 Å². The van der Waals surface area contributed by atoms with E-state index in [0.29, 0.717) is 39.0 Å². The smallest absolute Gasteiger partial charge is 0.390 e. The number of carbonyl (C=O) groups excluding carboxylic acids is 1. The molecule has 40 heavy (non-hydrogen) atoms. The van der Waals surface area contributed by atoms with E-state index < -0.39 is 18.4 Å². The Hall–Kier alpha value is -4.34. The fraction of sp³-hybridized carbons (Fsp3) is 0.267. The quantitative estimate of drug-likeness (QED) is 0.224. The van der Waals surface area contributed by atoms with E-state index in [4.69, 9.17) is 4.74 Å². The number of benzene rings is 3. The zero-order chi connectivity index (χ0) is 28.6. The standard InChI is InChI=1S/C30H28F4N4O2/c1-17-12-22(7-8-23(17)29(39)37-21-5-6-21)38-16-36-28-25(35-11-10-30(32,33)34)14-20(15-26(28)38)18(2)19-4-9-27(40-3)24(31)13-19/h4,7-9,12-16,21,35H,2,5-6,10-11H2,1,3H3,(H,37,39). The normalized spacial score (nSPS) is 13.3. The third-order valence-corrected chi connectivity index (χ3v) is 6.87. The van der Waals surface area contributed by atoms with Crippen LogP contribution in [0.4, 0.5) is 23.2 Å². The van der Waals surface area contributed by atoms with Gasteiger partial charge in [-0.2, -0.15) is 13.2 Å². The van der Waals surface area contributed by atoms with Gasteiger partial charge in [0.2, 0.25) is 0 Å². The van der Waals surface area contributed by atoms with Crippen LogP contribution in [-0.4, -0.2) is 41.3 Å². The molecule has 6 nitrogen and oxygen atoms in total. The number of fused-ring (bicyclic) bond motifs is 1. The van der Waals surface area contributed by atoms with Crippen molar-refractivity contribution in [2.24, 2.45) is 0 Å². The number of rotatable bonds is 9. The highest BCUT2D eigenvalue weighted by Crippen LogP contribution is 2.34. The monoisotopic (exact) mass is 552 g/mol. The third kappa shape index (κ3) is 5.80. The van der Waals surface area contributed by atoms with E-state index in [2.05, 4.69) is 22.2 Å². The highest BCUT2D eigenvalue weighted by atomic mass is 19.4. The number of alkyl halides is 3. The minimum Gasteiger partial charge on any atom is -0.494 e. The van der Waals surface area contributed by atoms with Crippen LogP contribution in [0.2, 0.25) is 0 Å². The van der Waals surface area contributed by atoms with E-state index in [9.17, 15) is 22.4 Å². The maximum atomic E-state index is 14.4. The van der Waals surface area contributed by atoms with Gasteiger partial charge in [-0.3, -0.25) is 9.36 Å². The molecular weight excluding hydrogens is 524 g/mol. The van der Waals surface area contributed by atoms with Crippen LogP contribution in [0.5, 0.6) is 5.75 Å². The van der Waals surface area contributed by atoms with Crippen molar-refractivity contribution in [2.45, 2.75) is 38.4 Å². The Morgan fingerprint density at radius 1 is 1.12 bits per heavy atom. The summed E-state index contributed by atoms with van der Waals surface area (Å²) < 4.78 is 59.9. The van der Waals surface area contributed by atoms with Gasteiger partial charge in [0.25, 0.3) is 5.91 Å². The topological polar surface area (TPSA) is 68.2 Å². The number of imidazole rings is 1. The van der Waals surface area contributed by atoms with Crippen LogP contribution in [0.3, 0.4) is 0 Å². The summed E-state index contributed by atoms with van der Waals surface area (Å²) in [4.78, 5) is 17.1. The molecule has 0 spiro atoms. The van der Waals surface area contributed by atoms with Crippen LogP contribution in [0.25, 0.3) is 22.3 Å². The zero-order valence-corrected chi connectivity index (χ0v) is 22.0. The first-order valence-electron chi connectivity index (χ1n) is 12.8. The molecule has 5 rings (SSSR count). The lowest BCUT2D eigenvalue weighted by atomic mass is 9.98. The molecule has 0 radical (unpaired) electrons. The number of halogens is 4. The molecule has 208 valence electrons. The second-order valence-corrected chi connectivity index (χ2v) is 9.87. The maximum absolute atomic E-state index is 14.4. The van der Waals surface area contributed by atoms with E-state index >= 15 is 0 Å². The van der Waals surface area contributed by atoms with Crippen molar-refractivity contribution in [3.05, 3.63) is 89.5 Å². The lowest BCUT2D eigenvalue weighted by Crippen LogP contribution is -2.26. The first kappa shape index (κ1) is 27.2. The molecule has 0 saturated heterocycles. The average molecular weight is 553 g/mol. The van der Waals surface area contributed by atoms with Gasteiger partial charge in [-0.05, 0) is 84.5 Å². The Bertz CT molecular complexity index is 1610. The first-order valence-corrected chi connectivity index (χ1v) is 12.8. The summed E-state index contributed by atoms with van der Waals surface area (Å²) >= 11 is 0. The van der Waals surface area contributed by atoms with Crippen molar-refractivity contribution in [1.29, 1.82) is 0 Å². The summed E-state index contributed by atoms with van der Waals surface area (Å²) in [5.74, 6) is -0.593. The van der Waals surface area contributed by atoms with Gasteiger partial charge in [-0.25, -0.2) is 9.37 Å². The van der Waals surface area contributed by atoms with E-state index in [0.717, 1.165) is 24.1 Å². The summed E-state index contributed by atoms with van der Waals surface area (Å²) in [6.45, 7) is 5.63. The van der Waals surface area contributed by atoms with Gasteiger partial charge >= 0.3 is 6.18 Å². The predicted octanol–water partition coefficient (Wildman–Crippen LogP) is 6.80. The van der Waals surface area contributed by atoms with E-state index in [1.54, 1.807) is 35.2 Å². The van der Waals surface area contributed by atoms with E-state index in [1.807, 2.05) is 19.1 Å². The van der Waals surface area contributed by atoms with Gasteiger partial charge in [0.05, 0.1) is 24.7 Å². The molecule has 1 heterocycles. The van der Waals surface area contributed by atoms with Crippen LogP contribution in [0.15, 0.2) is 61.4 Å². The molecule has 1 amide bonds. The maximum Gasteiger partial charge on any atom is 0.390 e. The number of nitrogens with one attached hydrogen (secondary N) is 2. The molecule has 1 aliphatic rings. The number of carbonyl (C=O) groups is 1. The molecule has 10 heteroatoms. The molecule has 1 saturated carbocycles. The van der Waals surface area contributed by atoms with Crippen molar-refractivity contribution < 1.29 is 27.1 Å². The second-order valence-electron chi connectivity index (χ2n) is 9.87. The van der Waals surface area contributed by atoms with Gasteiger partial charge in [-0.15, -0.1) is 0 Å². The van der Waals surface area contributed by atoms with E-state index in [1.165, 1.54) is 19.2 Å². The number of nitrogens with zero attached hydrogens (tertiary/aromatic N) is 2. The number of hydrogen-bond acceptors (Lipinski definition) is 4. The van der Waals surface area contributed by atoms with Gasteiger partial charge in [0.15, 0.2) is 11.6 Å². The van der Waals surface area contributed by atoms with Gasteiger partial charge in [0.1, 0.15) is 11.8 Å². The van der Waals surface area contributed by atoms with Gasteiger partial charge in [0, 0.05) is 23.8 Å². The molecule has 3 aromatic carbocycles. The van der Waals surface area contributed by atoms with Crippen molar-refractivity contribution in [3.8, 4) is 11.4 Å². The Morgan fingerprint density at radius 3 is 2.55 bits per heavy atom. The number of anilines is 1. The molecule has 0 aliphatic heterocycles. The first-order chi connectivity index (χ1) is 19.0. The molecule has 1 fully saturated rings. The molecule has 1 aliphatic carbocycles. The summed E-state index contributed by atoms with van der Waals surface area (Å²) in [6, 6.07) is 13.6. The van der Waals surface area contributed by atoms with Crippen LogP contribution < -0.4 is 15.4 Å². The van der Waals surface area contributed by atoms with Crippen molar-refractivity contribution >= 4 is 28.2 Å². The average Bonchev–Trinajstić information content (AvgIpc) is 3.61. The molecule has 4 aromatic rings. The van der Waals surface area contributed by atoms with Crippen molar-refractivity contribution in [2.75, 3.05) is 19.0 Å². The molecule has 0 bridgehead atoms. The number of amides is 1. The molecule has 2 N–H and O–H groups in total. The fourth-order valence-corrected chi connectivity index (χ4v) is 4.53. The molecule has 0 atom stereocenters.